The first-order valence-electron chi connectivity index (χ1n) is 10.9. The van der Waals surface area contributed by atoms with Crippen LogP contribution in [0, 0.1) is 17.5 Å². The topological polar surface area (TPSA) is 50.9 Å². The Morgan fingerprint density at radius 3 is 2.52 bits per heavy atom. The number of hydrogen-bond acceptors (Lipinski definition) is 4. The normalized spacial score (nSPS) is 11.8. The van der Waals surface area contributed by atoms with Gasteiger partial charge in [0, 0.05) is 25.1 Å². The minimum absolute atomic E-state index is 0.236. The van der Waals surface area contributed by atoms with E-state index in [-0.39, 0.29) is 12.4 Å². The average molecular weight is 476 g/mol. The summed E-state index contributed by atoms with van der Waals surface area (Å²) in [6.45, 7) is 3.06. The van der Waals surface area contributed by atoms with Crippen LogP contribution in [0.5, 0.6) is 0 Å². The fraction of sp³-hybridized carbons (Fsp3) is 0.360. The second kappa shape index (κ2) is 12.6. The molecule has 3 aromatic rings. The molecule has 0 aliphatic carbocycles. The molecule has 1 aromatic heterocycles. The minimum atomic E-state index is -0.956. The summed E-state index contributed by atoms with van der Waals surface area (Å²) < 4.78 is 43.0. The van der Waals surface area contributed by atoms with Gasteiger partial charge in [0.05, 0.1) is 5.69 Å². The van der Waals surface area contributed by atoms with Crippen LogP contribution in [-0.4, -0.2) is 38.2 Å². The van der Waals surface area contributed by atoms with Gasteiger partial charge in [-0.3, -0.25) is 4.68 Å². The highest BCUT2D eigenvalue weighted by Crippen LogP contribution is 2.24. The molecule has 1 heterocycles. The standard InChI is InChI=1S/C25H28F3N3OS/c1-18(10-14-33-13-2-12-32)9-11-31-17-22(29-30-31)7-5-19-3-4-20(15-24(19)27)21-6-8-23(26)25(28)16-21/h3-4,6,8,10,15-17,32H,2,5,7,9,11-14H2,1H3/b18-10+. The lowest BCUT2D eigenvalue weighted by molar-refractivity contribution is 0.296. The van der Waals surface area contributed by atoms with E-state index in [1.54, 1.807) is 28.6 Å². The fourth-order valence-electron chi connectivity index (χ4n) is 3.27. The molecule has 0 fully saturated rings. The molecule has 0 aliphatic heterocycles. The first-order valence-corrected chi connectivity index (χ1v) is 12.1. The van der Waals surface area contributed by atoms with Crippen molar-refractivity contribution in [3.05, 3.63) is 83.0 Å². The van der Waals surface area contributed by atoms with Crippen molar-refractivity contribution >= 4 is 11.8 Å². The van der Waals surface area contributed by atoms with Crippen LogP contribution >= 0.6 is 11.8 Å². The highest BCUT2D eigenvalue weighted by atomic mass is 32.2. The van der Waals surface area contributed by atoms with Crippen molar-refractivity contribution in [1.82, 2.24) is 15.0 Å². The third-order valence-corrected chi connectivity index (χ3v) is 6.25. The maximum atomic E-state index is 14.6. The lowest BCUT2D eigenvalue weighted by Gasteiger charge is -2.07. The maximum Gasteiger partial charge on any atom is 0.159 e. The Balaban J connectivity index is 1.49. The molecule has 33 heavy (non-hydrogen) atoms. The fourth-order valence-corrected chi connectivity index (χ4v) is 4.18. The molecule has 3 rings (SSSR count). The zero-order valence-corrected chi connectivity index (χ0v) is 19.4. The number of aryl methyl sites for hydroxylation is 3. The summed E-state index contributed by atoms with van der Waals surface area (Å²) >= 11 is 1.80. The molecule has 4 nitrogen and oxygen atoms in total. The number of thioether (sulfide) groups is 1. The zero-order chi connectivity index (χ0) is 23.6. The number of allylic oxidation sites excluding steroid dienone is 1. The summed E-state index contributed by atoms with van der Waals surface area (Å²) in [6, 6.07) is 8.25. The van der Waals surface area contributed by atoms with Crippen LogP contribution in [0.4, 0.5) is 13.2 Å². The second-order valence-corrected chi connectivity index (χ2v) is 9.01. The number of hydrogen-bond donors (Lipinski definition) is 1. The quantitative estimate of drug-likeness (QED) is 0.274. The van der Waals surface area contributed by atoms with Crippen LogP contribution in [0.3, 0.4) is 0 Å². The molecule has 0 aliphatic rings. The highest BCUT2D eigenvalue weighted by Gasteiger charge is 2.10. The van der Waals surface area contributed by atoms with Gasteiger partial charge in [-0.15, -0.1) is 5.10 Å². The first kappa shape index (κ1) is 25.1. The van der Waals surface area contributed by atoms with Gasteiger partial charge >= 0.3 is 0 Å². The van der Waals surface area contributed by atoms with Crippen molar-refractivity contribution in [2.75, 3.05) is 18.1 Å². The number of benzene rings is 2. The molecule has 0 unspecified atom stereocenters. The average Bonchev–Trinajstić information content (AvgIpc) is 3.26. The lowest BCUT2D eigenvalue weighted by Crippen LogP contribution is -1.99. The number of halogens is 3. The molecule has 1 N–H and O–H groups in total. The second-order valence-electron chi connectivity index (χ2n) is 7.86. The van der Waals surface area contributed by atoms with Crippen molar-refractivity contribution < 1.29 is 18.3 Å². The van der Waals surface area contributed by atoms with Crippen molar-refractivity contribution in [2.45, 2.75) is 39.2 Å². The number of aliphatic hydroxyl groups excluding tert-OH is 1. The van der Waals surface area contributed by atoms with Crippen LogP contribution in [-0.2, 0) is 19.4 Å². The van der Waals surface area contributed by atoms with Gasteiger partial charge in [0.1, 0.15) is 5.82 Å². The van der Waals surface area contributed by atoms with Crippen LogP contribution in [0.1, 0.15) is 31.0 Å². The Morgan fingerprint density at radius 1 is 1.03 bits per heavy atom. The van der Waals surface area contributed by atoms with Gasteiger partial charge in [-0.05, 0) is 73.2 Å². The summed E-state index contributed by atoms with van der Waals surface area (Å²) in [6.07, 6.45) is 6.80. The van der Waals surface area contributed by atoms with E-state index in [4.69, 9.17) is 5.11 Å². The van der Waals surface area contributed by atoms with Crippen molar-refractivity contribution in [1.29, 1.82) is 0 Å². The highest BCUT2D eigenvalue weighted by molar-refractivity contribution is 7.99. The molecular weight excluding hydrogens is 447 g/mol. The third kappa shape index (κ3) is 7.75. The largest absolute Gasteiger partial charge is 0.396 e. The van der Waals surface area contributed by atoms with E-state index in [0.717, 1.165) is 48.7 Å². The maximum absolute atomic E-state index is 14.6. The molecular formula is C25H28F3N3OS. The molecule has 176 valence electrons. The number of nitrogens with zero attached hydrogens (tertiary/aromatic N) is 3. The number of aromatic nitrogens is 3. The van der Waals surface area contributed by atoms with Crippen molar-refractivity contribution in [3.63, 3.8) is 0 Å². The summed E-state index contributed by atoms with van der Waals surface area (Å²) in [5, 5.41) is 17.1. The van der Waals surface area contributed by atoms with Gasteiger partial charge in [-0.25, -0.2) is 13.2 Å². The Hall–Kier alpha value is -2.58. The molecule has 0 saturated carbocycles. The molecule has 0 bridgehead atoms. The van der Waals surface area contributed by atoms with Gasteiger partial charge in [-0.2, -0.15) is 11.8 Å². The van der Waals surface area contributed by atoms with Gasteiger partial charge in [0.2, 0.25) is 0 Å². The van der Waals surface area contributed by atoms with E-state index in [0.29, 0.717) is 29.5 Å². The summed E-state index contributed by atoms with van der Waals surface area (Å²) in [7, 11) is 0. The Kier molecular flexibility index (Phi) is 9.57. The van der Waals surface area contributed by atoms with Crippen LogP contribution in [0.15, 0.2) is 54.2 Å². The molecule has 2 aromatic carbocycles. The van der Waals surface area contributed by atoms with E-state index >= 15 is 0 Å². The Morgan fingerprint density at radius 2 is 1.79 bits per heavy atom. The summed E-state index contributed by atoms with van der Waals surface area (Å²) in [5.41, 5.74) is 3.53. The number of aliphatic hydroxyl groups is 1. The predicted octanol–water partition coefficient (Wildman–Crippen LogP) is 5.60. The van der Waals surface area contributed by atoms with Crippen LogP contribution in [0.2, 0.25) is 0 Å². The van der Waals surface area contributed by atoms with Crippen molar-refractivity contribution in [3.8, 4) is 11.1 Å². The summed E-state index contributed by atoms with van der Waals surface area (Å²) in [5.74, 6) is -0.372. The monoisotopic (exact) mass is 475 g/mol. The SMILES string of the molecule is C/C(=C\CSCCCO)CCn1cc(CCc2ccc(-c3ccc(F)c(F)c3)cc2F)nn1. The summed E-state index contributed by atoms with van der Waals surface area (Å²) in [4.78, 5) is 0. The van der Waals surface area contributed by atoms with E-state index in [1.165, 1.54) is 17.7 Å². The predicted molar refractivity (Wildman–Crippen MR) is 127 cm³/mol. The number of rotatable bonds is 12. The Labute approximate surface area is 196 Å². The smallest absolute Gasteiger partial charge is 0.159 e. The van der Waals surface area contributed by atoms with E-state index < -0.39 is 11.6 Å². The van der Waals surface area contributed by atoms with E-state index in [2.05, 4.69) is 23.3 Å². The zero-order valence-electron chi connectivity index (χ0n) is 18.6. The van der Waals surface area contributed by atoms with Crippen molar-refractivity contribution in [2.24, 2.45) is 0 Å². The van der Waals surface area contributed by atoms with Crippen LogP contribution < -0.4 is 0 Å². The molecule has 0 amide bonds. The molecule has 0 saturated heterocycles. The van der Waals surface area contributed by atoms with E-state index in [9.17, 15) is 13.2 Å². The third-order valence-electron chi connectivity index (χ3n) is 5.27. The van der Waals surface area contributed by atoms with Gasteiger partial charge in [-0.1, -0.05) is 35.1 Å². The molecule has 0 radical (unpaired) electrons. The van der Waals surface area contributed by atoms with Crippen LogP contribution in [0.25, 0.3) is 11.1 Å². The lowest BCUT2D eigenvalue weighted by atomic mass is 10.0. The van der Waals surface area contributed by atoms with Gasteiger partial charge < -0.3 is 5.11 Å². The first-order chi connectivity index (χ1) is 16.0. The molecule has 0 atom stereocenters. The minimum Gasteiger partial charge on any atom is -0.396 e. The van der Waals surface area contributed by atoms with Gasteiger partial charge in [0.15, 0.2) is 11.6 Å². The Bertz CT molecular complexity index is 1080. The molecule has 8 heteroatoms. The van der Waals surface area contributed by atoms with Gasteiger partial charge in [0.25, 0.3) is 0 Å². The molecule has 0 spiro atoms. The van der Waals surface area contributed by atoms with E-state index in [1.807, 2.05) is 6.20 Å².